The van der Waals surface area contributed by atoms with Gasteiger partial charge in [0.1, 0.15) is 22.3 Å². The Bertz CT molecular complexity index is 3120. The van der Waals surface area contributed by atoms with E-state index in [-0.39, 0.29) is 0 Å². The Morgan fingerprint density at radius 2 is 0.857 bits per heavy atom. The Morgan fingerprint density at radius 3 is 1.50 bits per heavy atom. The van der Waals surface area contributed by atoms with Crippen LogP contribution >= 0.6 is 0 Å². The lowest BCUT2D eigenvalue weighted by Gasteiger charge is -2.15. The van der Waals surface area contributed by atoms with Crippen molar-refractivity contribution in [2.75, 3.05) is 0 Å². The number of furan rings is 2. The summed E-state index contributed by atoms with van der Waals surface area (Å²) in [5.41, 5.74) is 14.5. The smallest absolute Gasteiger partial charge is 0.160 e. The topological polar surface area (TPSA) is 65.0 Å². The number of aromatic nitrogens is 3. The number of para-hydroxylation sites is 2. The molecule has 0 radical (unpaired) electrons. The molecule has 0 spiro atoms. The van der Waals surface area contributed by atoms with Crippen LogP contribution in [-0.4, -0.2) is 15.0 Å². The Hall–Kier alpha value is -7.63. The molecule has 0 fully saturated rings. The van der Waals surface area contributed by atoms with E-state index in [2.05, 4.69) is 132 Å². The van der Waals surface area contributed by atoms with Crippen LogP contribution in [0.1, 0.15) is 0 Å². The van der Waals surface area contributed by atoms with Gasteiger partial charge in [0.2, 0.25) is 0 Å². The molecule has 0 aliphatic rings. The zero-order valence-electron chi connectivity index (χ0n) is 30.1. The van der Waals surface area contributed by atoms with Crippen molar-refractivity contribution >= 4 is 43.9 Å². The first-order valence-electron chi connectivity index (χ1n) is 18.6. The first kappa shape index (κ1) is 31.9. The van der Waals surface area contributed by atoms with Gasteiger partial charge in [-0.3, -0.25) is 4.98 Å². The molecule has 0 N–H and O–H groups in total. The van der Waals surface area contributed by atoms with Crippen LogP contribution in [0.15, 0.2) is 197 Å². The first-order chi connectivity index (χ1) is 27.7. The van der Waals surface area contributed by atoms with Crippen molar-refractivity contribution in [2.45, 2.75) is 0 Å². The van der Waals surface area contributed by atoms with Gasteiger partial charge < -0.3 is 8.83 Å². The van der Waals surface area contributed by atoms with Gasteiger partial charge in [0.05, 0.1) is 11.4 Å². The van der Waals surface area contributed by atoms with Crippen LogP contribution in [0.3, 0.4) is 0 Å². The summed E-state index contributed by atoms with van der Waals surface area (Å²) < 4.78 is 12.4. The van der Waals surface area contributed by atoms with Gasteiger partial charge in [-0.15, -0.1) is 0 Å². The monoisotopic (exact) mass is 717 g/mol. The summed E-state index contributed by atoms with van der Waals surface area (Å²) in [6.45, 7) is 0. The van der Waals surface area contributed by atoms with Gasteiger partial charge in [-0.2, -0.15) is 0 Å². The molecule has 0 saturated carbocycles. The van der Waals surface area contributed by atoms with Gasteiger partial charge in [0.25, 0.3) is 0 Å². The number of hydrogen-bond donors (Lipinski definition) is 0. The molecule has 56 heavy (non-hydrogen) atoms. The summed E-state index contributed by atoms with van der Waals surface area (Å²) in [6.07, 6.45) is 3.70. The third-order valence-electron chi connectivity index (χ3n) is 10.6. The lowest BCUT2D eigenvalue weighted by Crippen LogP contribution is -1.97. The Labute approximate surface area is 322 Å². The minimum atomic E-state index is 0.656. The summed E-state index contributed by atoms with van der Waals surface area (Å²) in [5.74, 6) is 0.656. The van der Waals surface area contributed by atoms with Gasteiger partial charge in [-0.1, -0.05) is 109 Å². The van der Waals surface area contributed by atoms with E-state index >= 15 is 0 Å². The van der Waals surface area contributed by atoms with Gasteiger partial charge in [0, 0.05) is 56.2 Å². The summed E-state index contributed by atoms with van der Waals surface area (Å²) in [7, 11) is 0. The molecule has 0 aliphatic heterocycles. The van der Waals surface area contributed by atoms with Gasteiger partial charge >= 0.3 is 0 Å². The summed E-state index contributed by atoms with van der Waals surface area (Å²) in [5, 5.41) is 4.36. The first-order valence-corrected chi connectivity index (χ1v) is 18.6. The van der Waals surface area contributed by atoms with Gasteiger partial charge in [0.15, 0.2) is 5.82 Å². The van der Waals surface area contributed by atoms with Crippen molar-refractivity contribution in [1.82, 2.24) is 15.0 Å². The largest absolute Gasteiger partial charge is 0.456 e. The van der Waals surface area contributed by atoms with Crippen LogP contribution in [0.5, 0.6) is 0 Å². The highest BCUT2D eigenvalue weighted by atomic mass is 16.3. The van der Waals surface area contributed by atoms with Crippen molar-refractivity contribution in [3.05, 3.63) is 188 Å². The van der Waals surface area contributed by atoms with Crippen LogP contribution in [0.2, 0.25) is 0 Å². The maximum Gasteiger partial charge on any atom is 0.160 e. The molecule has 5 heteroatoms. The minimum absolute atomic E-state index is 0.656. The zero-order valence-corrected chi connectivity index (χ0v) is 30.1. The number of pyridine rings is 1. The molecule has 7 aromatic carbocycles. The number of nitrogens with zero attached hydrogens (tertiary/aromatic N) is 3. The maximum atomic E-state index is 6.22. The quantitative estimate of drug-likeness (QED) is 0.171. The average molecular weight is 718 g/mol. The molecule has 262 valence electrons. The van der Waals surface area contributed by atoms with Crippen LogP contribution < -0.4 is 0 Å². The molecular formula is C51H31N3O2. The number of rotatable bonds is 6. The molecule has 0 unspecified atom stereocenters. The minimum Gasteiger partial charge on any atom is -0.456 e. The number of benzene rings is 7. The number of fused-ring (bicyclic) bond motifs is 6. The van der Waals surface area contributed by atoms with Crippen LogP contribution in [0, 0.1) is 0 Å². The molecule has 5 nitrogen and oxygen atoms in total. The van der Waals surface area contributed by atoms with Crippen molar-refractivity contribution in [2.24, 2.45) is 0 Å². The summed E-state index contributed by atoms with van der Waals surface area (Å²) >= 11 is 0. The molecule has 0 aliphatic carbocycles. The average Bonchev–Trinajstić information content (AvgIpc) is 3.84. The Kier molecular flexibility index (Phi) is 7.42. The molecule has 4 heterocycles. The molecule has 11 aromatic rings. The molecule has 0 atom stereocenters. The fourth-order valence-electron chi connectivity index (χ4n) is 7.85. The lowest BCUT2D eigenvalue weighted by atomic mass is 9.93. The predicted octanol–water partition coefficient (Wildman–Crippen LogP) is 13.7. The SMILES string of the molecule is c1ccc(-c2nc(-c3cc(-c4ccc5oc6ccccc6c5c4)cc(-c4ccc5oc6ccccc6c5c4)c3)cc(-c3ccccc3-c3cccnc3)n2)cc1. The van der Waals surface area contributed by atoms with Crippen molar-refractivity contribution in [3.8, 4) is 67.3 Å². The summed E-state index contributed by atoms with van der Waals surface area (Å²) in [6, 6.07) is 60.8. The molecular weight excluding hydrogens is 687 g/mol. The zero-order chi connectivity index (χ0) is 37.0. The predicted molar refractivity (Wildman–Crippen MR) is 227 cm³/mol. The maximum absolute atomic E-state index is 6.22. The Morgan fingerprint density at radius 1 is 0.321 bits per heavy atom. The van der Waals surface area contributed by atoms with E-state index in [1.54, 1.807) is 6.20 Å². The van der Waals surface area contributed by atoms with Crippen LogP contribution in [0.25, 0.3) is 111 Å². The van der Waals surface area contributed by atoms with Crippen molar-refractivity contribution < 1.29 is 8.83 Å². The van der Waals surface area contributed by atoms with E-state index in [0.717, 1.165) is 105 Å². The lowest BCUT2D eigenvalue weighted by molar-refractivity contribution is 0.668. The second-order valence-electron chi connectivity index (χ2n) is 14.0. The number of hydrogen-bond acceptors (Lipinski definition) is 5. The normalized spacial score (nSPS) is 11.6. The van der Waals surface area contributed by atoms with Crippen LogP contribution in [0.4, 0.5) is 0 Å². The fourth-order valence-corrected chi connectivity index (χ4v) is 7.85. The van der Waals surface area contributed by atoms with E-state index in [1.807, 2.05) is 54.7 Å². The second kappa shape index (κ2) is 13.0. The third kappa shape index (κ3) is 5.53. The van der Waals surface area contributed by atoms with E-state index in [4.69, 9.17) is 18.8 Å². The van der Waals surface area contributed by atoms with Gasteiger partial charge in [-0.25, -0.2) is 9.97 Å². The van der Waals surface area contributed by atoms with E-state index in [1.165, 1.54) is 0 Å². The van der Waals surface area contributed by atoms with Crippen molar-refractivity contribution in [3.63, 3.8) is 0 Å². The molecule has 11 rings (SSSR count). The van der Waals surface area contributed by atoms with E-state index < -0.39 is 0 Å². The standard InChI is InChI=1S/C51H31N3O2/c1-2-11-32(12-3-1)51-53-45(30-46(54-51)40-15-5-4-14-39(40)35-13-10-24-52-31-35)38-26-36(33-20-22-49-43(28-33)41-16-6-8-18-47(41)55-49)25-37(27-38)34-21-23-50-44(29-34)42-17-7-9-19-48(42)56-50/h1-31H. The fraction of sp³-hybridized carbons (Fsp3) is 0. The van der Waals surface area contributed by atoms with E-state index in [9.17, 15) is 0 Å². The highest BCUT2D eigenvalue weighted by molar-refractivity contribution is 6.07. The van der Waals surface area contributed by atoms with E-state index in [0.29, 0.717) is 5.82 Å². The second-order valence-corrected chi connectivity index (χ2v) is 14.0. The Balaban J connectivity index is 1.15. The van der Waals surface area contributed by atoms with Gasteiger partial charge in [-0.05, 0) is 94.5 Å². The summed E-state index contributed by atoms with van der Waals surface area (Å²) in [4.78, 5) is 14.9. The molecule has 0 amide bonds. The molecule has 0 saturated heterocycles. The van der Waals surface area contributed by atoms with Crippen LogP contribution in [-0.2, 0) is 0 Å². The van der Waals surface area contributed by atoms with Crippen molar-refractivity contribution in [1.29, 1.82) is 0 Å². The molecule has 4 aromatic heterocycles. The highest BCUT2D eigenvalue weighted by Crippen LogP contribution is 2.40. The third-order valence-corrected chi connectivity index (χ3v) is 10.6. The molecule has 0 bridgehead atoms. The highest BCUT2D eigenvalue weighted by Gasteiger charge is 2.17.